The van der Waals surface area contributed by atoms with Gasteiger partial charge in [-0.2, -0.15) is 13.2 Å². The van der Waals surface area contributed by atoms with Crippen LogP contribution >= 0.6 is 0 Å². The fourth-order valence-electron chi connectivity index (χ4n) is 0.956. The van der Waals surface area contributed by atoms with Gasteiger partial charge in [0.1, 0.15) is 0 Å². The summed E-state index contributed by atoms with van der Waals surface area (Å²) >= 11 is 0. The summed E-state index contributed by atoms with van der Waals surface area (Å²) in [5, 5.41) is 0. The van der Waals surface area contributed by atoms with Crippen LogP contribution in [0.4, 0.5) is 13.2 Å². The van der Waals surface area contributed by atoms with Gasteiger partial charge >= 0.3 is 6.18 Å². The summed E-state index contributed by atoms with van der Waals surface area (Å²) in [6.07, 6.45) is -0.452. The van der Waals surface area contributed by atoms with Crippen molar-refractivity contribution in [2.45, 2.75) is 19.5 Å². The highest BCUT2D eigenvalue weighted by Gasteiger charge is 2.48. The van der Waals surface area contributed by atoms with E-state index in [9.17, 15) is 13.2 Å². The molecule has 0 spiro atoms. The maximum absolute atomic E-state index is 12.3. The zero-order chi connectivity index (χ0) is 9.41. The molecule has 0 saturated carbocycles. The van der Waals surface area contributed by atoms with Gasteiger partial charge in [0, 0.05) is 5.70 Å². The highest BCUT2D eigenvalue weighted by Crippen LogP contribution is 2.43. The molecule has 0 radical (unpaired) electrons. The topological polar surface area (TPSA) is 26.0 Å². The van der Waals surface area contributed by atoms with E-state index in [0.29, 0.717) is 5.70 Å². The summed E-state index contributed by atoms with van der Waals surface area (Å²) in [7, 11) is 0. The average molecular weight is 177 g/mol. The van der Waals surface area contributed by atoms with Gasteiger partial charge in [-0.25, -0.2) is 0 Å². The minimum absolute atomic E-state index is 0.0706. The van der Waals surface area contributed by atoms with Gasteiger partial charge in [0.15, 0.2) is 0 Å². The summed E-state index contributed by atoms with van der Waals surface area (Å²) in [5.74, 6) is 0. The lowest BCUT2D eigenvalue weighted by Crippen LogP contribution is -2.34. The second-order valence-corrected chi connectivity index (χ2v) is 3.16. The summed E-state index contributed by atoms with van der Waals surface area (Å²) in [6, 6.07) is 0. The Morgan fingerprint density at radius 1 is 1.50 bits per heavy atom. The maximum Gasteiger partial charge on any atom is 0.397 e. The number of alkyl halides is 3. The lowest BCUT2D eigenvalue weighted by Gasteiger charge is -2.29. The summed E-state index contributed by atoms with van der Waals surface area (Å²) in [6.45, 7) is 1.16. The van der Waals surface area contributed by atoms with Gasteiger partial charge in [-0.05, 0) is 19.4 Å². The van der Waals surface area contributed by atoms with E-state index in [1.807, 2.05) is 0 Å². The molecule has 1 unspecified atom stereocenters. The van der Waals surface area contributed by atoms with Crippen LogP contribution in [0.5, 0.6) is 0 Å². The number of rotatable bonds is 0. The van der Waals surface area contributed by atoms with Crippen LogP contribution in [0.25, 0.3) is 0 Å². The van der Waals surface area contributed by atoms with Crippen LogP contribution in [0.15, 0.2) is 23.9 Å². The molecule has 12 heavy (non-hydrogen) atoms. The Bertz CT molecular complexity index is 239. The van der Waals surface area contributed by atoms with Gasteiger partial charge in [0.2, 0.25) is 0 Å². The number of nitrogens with two attached hydrogens (primary N) is 1. The molecule has 68 valence electrons. The lowest BCUT2D eigenvalue weighted by atomic mass is 9.82. The van der Waals surface area contributed by atoms with Crippen molar-refractivity contribution in [1.29, 1.82) is 0 Å². The largest absolute Gasteiger partial charge is 0.399 e. The number of hydrogen-bond acceptors (Lipinski definition) is 1. The zero-order valence-electron chi connectivity index (χ0n) is 6.65. The maximum atomic E-state index is 12.3. The Morgan fingerprint density at radius 3 is 2.42 bits per heavy atom. The van der Waals surface area contributed by atoms with E-state index in [4.69, 9.17) is 5.73 Å². The molecule has 0 aromatic carbocycles. The molecule has 0 aliphatic heterocycles. The number of hydrogen-bond donors (Lipinski definition) is 1. The number of allylic oxidation sites excluding steroid dienone is 3. The second kappa shape index (κ2) is 2.54. The minimum Gasteiger partial charge on any atom is -0.399 e. The van der Waals surface area contributed by atoms with Gasteiger partial charge in [0.25, 0.3) is 0 Å². The third kappa shape index (κ3) is 1.47. The molecular formula is C8H10F3N. The molecule has 0 bridgehead atoms. The van der Waals surface area contributed by atoms with E-state index in [1.54, 1.807) is 0 Å². The van der Waals surface area contributed by atoms with Crippen molar-refractivity contribution < 1.29 is 13.2 Å². The van der Waals surface area contributed by atoms with Gasteiger partial charge in [-0.15, -0.1) is 0 Å². The Morgan fingerprint density at radius 2 is 2.08 bits per heavy atom. The third-order valence-corrected chi connectivity index (χ3v) is 2.05. The summed E-state index contributed by atoms with van der Waals surface area (Å²) in [5.41, 5.74) is 3.97. The molecule has 1 rings (SSSR count). The molecule has 1 nitrogen and oxygen atoms in total. The summed E-state index contributed by atoms with van der Waals surface area (Å²) < 4.78 is 37.0. The third-order valence-electron chi connectivity index (χ3n) is 2.05. The van der Waals surface area contributed by atoms with Crippen LogP contribution in [0, 0.1) is 5.41 Å². The van der Waals surface area contributed by atoms with E-state index >= 15 is 0 Å². The van der Waals surface area contributed by atoms with Crippen molar-refractivity contribution in [1.82, 2.24) is 0 Å². The van der Waals surface area contributed by atoms with Crippen molar-refractivity contribution in [2.75, 3.05) is 0 Å². The molecule has 1 aliphatic rings. The Labute approximate surface area is 68.7 Å². The highest BCUT2D eigenvalue weighted by molar-refractivity contribution is 5.24. The molecule has 4 heteroatoms. The Kier molecular flexibility index (Phi) is 1.94. The second-order valence-electron chi connectivity index (χ2n) is 3.16. The van der Waals surface area contributed by atoms with Crippen LogP contribution in [-0.4, -0.2) is 6.18 Å². The van der Waals surface area contributed by atoms with E-state index in [0.717, 1.165) is 13.0 Å². The molecule has 0 heterocycles. The minimum atomic E-state index is -4.19. The van der Waals surface area contributed by atoms with Gasteiger partial charge in [-0.3, -0.25) is 0 Å². The van der Waals surface area contributed by atoms with Gasteiger partial charge < -0.3 is 5.73 Å². The first-order valence-corrected chi connectivity index (χ1v) is 3.57. The number of halogens is 3. The van der Waals surface area contributed by atoms with Crippen LogP contribution in [0.2, 0.25) is 0 Å². The average Bonchev–Trinajstić information content (AvgIpc) is 1.93. The van der Waals surface area contributed by atoms with E-state index in [1.165, 1.54) is 12.2 Å². The first-order chi connectivity index (χ1) is 5.35. The molecule has 0 saturated heterocycles. The van der Waals surface area contributed by atoms with Gasteiger partial charge in [-0.1, -0.05) is 12.2 Å². The fourth-order valence-corrected chi connectivity index (χ4v) is 0.956. The van der Waals surface area contributed by atoms with E-state index in [-0.39, 0.29) is 6.42 Å². The normalized spacial score (nSPS) is 30.2. The predicted octanol–water partition coefficient (Wildman–Crippen LogP) is 2.36. The molecule has 0 aromatic rings. The van der Waals surface area contributed by atoms with Crippen LogP contribution < -0.4 is 5.73 Å². The first kappa shape index (κ1) is 9.16. The standard InChI is InChI=1S/C8H10F3N/c1-7(8(9,10)11)4-2-6(12)3-5-7/h2-4H,5,12H2,1H3. The Hall–Kier alpha value is -0.930. The quantitative estimate of drug-likeness (QED) is 0.603. The molecule has 2 N–H and O–H groups in total. The fraction of sp³-hybridized carbons (Fsp3) is 0.500. The highest BCUT2D eigenvalue weighted by atomic mass is 19.4. The van der Waals surface area contributed by atoms with Crippen molar-refractivity contribution >= 4 is 0 Å². The van der Waals surface area contributed by atoms with Crippen molar-refractivity contribution in [2.24, 2.45) is 11.1 Å². The van der Waals surface area contributed by atoms with Crippen LogP contribution in [-0.2, 0) is 0 Å². The van der Waals surface area contributed by atoms with E-state index in [2.05, 4.69) is 0 Å². The lowest BCUT2D eigenvalue weighted by molar-refractivity contribution is -0.199. The predicted molar refractivity (Wildman–Crippen MR) is 40.2 cm³/mol. The molecular weight excluding hydrogens is 167 g/mol. The van der Waals surface area contributed by atoms with E-state index < -0.39 is 11.6 Å². The SMILES string of the molecule is CC1(C(F)(F)F)C=CC(N)=CC1. The molecule has 1 atom stereocenters. The van der Waals surface area contributed by atoms with Crippen molar-refractivity contribution in [3.63, 3.8) is 0 Å². The van der Waals surface area contributed by atoms with Gasteiger partial charge in [0.05, 0.1) is 5.41 Å². The van der Waals surface area contributed by atoms with Crippen molar-refractivity contribution in [3.8, 4) is 0 Å². The zero-order valence-corrected chi connectivity index (χ0v) is 6.65. The monoisotopic (exact) mass is 177 g/mol. The molecule has 0 amide bonds. The van der Waals surface area contributed by atoms with Crippen LogP contribution in [0.1, 0.15) is 13.3 Å². The summed E-state index contributed by atoms with van der Waals surface area (Å²) in [4.78, 5) is 0. The first-order valence-electron chi connectivity index (χ1n) is 3.57. The molecule has 0 fully saturated rings. The molecule has 0 aromatic heterocycles. The Balaban J connectivity index is 2.86. The molecule has 1 aliphatic carbocycles. The smallest absolute Gasteiger partial charge is 0.397 e. The van der Waals surface area contributed by atoms with Crippen LogP contribution in [0.3, 0.4) is 0 Å². The van der Waals surface area contributed by atoms with Crippen molar-refractivity contribution in [3.05, 3.63) is 23.9 Å².